The highest BCUT2D eigenvalue weighted by molar-refractivity contribution is 14.0. The molecule has 0 saturated heterocycles. The molecule has 0 spiro atoms. The van der Waals surface area contributed by atoms with Gasteiger partial charge in [0, 0.05) is 38.9 Å². The molecule has 0 aliphatic carbocycles. The van der Waals surface area contributed by atoms with E-state index in [-0.39, 0.29) is 24.0 Å². The molecule has 6 nitrogen and oxygen atoms in total. The lowest BCUT2D eigenvalue weighted by Crippen LogP contribution is -2.37. The Bertz CT molecular complexity index is 723. The van der Waals surface area contributed by atoms with Crippen LogP contribution in [0, 0.1) is 13.8 Å². The third kappa shape index (κ3) is 7.88. The Hall–Kier alpha value is -1.61. The summed E-state index contributed by atoms with van der Waals surface area (Å²) < 4.78 is 2.06. The fourth-order valence-corrected chi connectivity index (χ4v) is 2.96. The lowest BCUT2D eigenvalue weighted by atomic mass is 10.1. The van der Waals surface area contributed by atoms with Crippen molar-refractivity contribution in [3.8, 4) is 0 Å². The first kappa shape index (κ1) is 23.4. The maximum Gasteiger partial charge on any atom is 0.191 e. The number of halogens is 1. The van der Waals surface area contributed by atoms with E-state index in [2.05, 4.69) is 81.7 Å². The van der Waals surface area contributed by atoms with E-state index in [1.807, 2.05) is 14.0 Å². The fourth-order valence-electron chi connectivity index (χ4n) is 2.96. The second-order valence-electron chi connectivity index (χ2n) is 6.86. The zero-order valence-electron chi connectivity index (χ0n) is 17.1. The maximum atomic E-state index is 4.50. The zero-order valence-corrected chi connectivity index (χ0v) is 19.4. The van der Waals surface area contributed by atoms with Crippen LogP contribution in [-0.2, 0) is 19.6 Å². The highest BCUT2D eigenvalue weighted by Gasteiger charge is 2.05. The molecule has 0 amide bonds. The maximum absolute atomic E-state index is 4.50. The first-order valence-corrected chi connectivity index (χ1v) is 9.16. The van der Waals surface area contributed by atoms with E-state index in [4.69, 9.17) is 0 Å². The van der Waals surface area contributed by atoms with Crippen molar-refractivity contribution in [2.75, 3.05) is 27.7 Å². The van der Waals surface area contributed by atoms with Crippen molar-refractivity contribution in [2.24, 2.45) is 4.99 Å². The van der Waals surface area contributed by atoms with Crippen molar-refractivity contribution >= 4 is 29.9 Å². The normalized spacial score (nSPS) is 11.4. The third-order valence-electron chi connectivity index (χ3n) is 4.22. The molecule has 2 N–H and O–H groups in total. The highest BCUT2D eigenvalue weighted by Crippen LogP contribution is 2.10. The van der Waals surface area contributed by atoms with Gasteiger partial charge in [0.15, 0.2) is 5.96 Å². The van der Waals surface area contributed by atoms with Crippen molar-refractivity contribution < 1.29 is 0 Å². The molecule has 7 heteroatoms. The molecule has 2 aromatic rings. The third-order valence-corrected chi connectivity index (χ3v) is 4.22. The summed E-state index contributed by atoms with van der Waals surface area (Å²) in [6, 6.07) is 10.6. The first-order valence-electron chi connectivity index (χ1n) is 9.16. The lowest BCUT2D eigenvalue weighted by molar-refractivity contribution is 0.400. The molecule has 2 rings (SSSR count). The highest BCUT2D eigenvalue weighted by atomic mass is 127. The van der Waals surface area contributed by atoms with Gasteiger partial charge in [-0.15, -0.1) is 24.0 Å². The van der Waals surface area contributed by atoms with Crippen LogP contribution in [-0.4, -0.2) is 48.3 Å². The van der Waals surface area contributed by atoms with E-state index in [0.29, 0.717) is 0 Å². The summed E-state index contributed by atoms with van der Waals surface area (Å²) in [5.74, 6) is 0.832. The number of hydrogen-bond donors (Lipinski definition) is 2. The SMILES string of the molecule is CN=C(NCCCn1nc(C)cc1C)NCc1ccccc1CN(C)C.I. The van der Waals surface area contributed by atoms with Gasteiger partial charge in [-0.05, 0) is 51.6 Å². The van der Waals surface area contributed by atoms with Crippen molar-refractivity contribution in [2.45, 2.75) is 39.9 Å². The minimum Gasteiger partial charge on any atom is -0.356 e. The van der Waals surface area contributed by atoms with Crippen LogP contribution in [0.3, 0.4) is 0 Å². The van der Waals surface area contributed by atoms with Crippen LogP contribution in [0.1, 0.15) is 28.9 Å². The second kappa shape index (κ2) is 12.0. The summed E-state index contributed by atoms with van der Waals surface area (Å²) >= 11 is 0. The smallest absolute Gasteiger partial charge is 0.191 e. The molecular weight excluding hydrogens is 451 g/mol. The van der Waals surface area contributed by atoms with Crippen LogP contribution in [0.15, 0.2) is 35.3 Å². The number of hydrogen-bond acceptors (Lipinski definition) is 3. The monoisotopic (exact) mass is 484 g/mol. The van der Waals surface area contributed by atoms with Crippen molar-refractivity contribution in [3.05, 3.63) is 52.8 Å². The van der Waals surface area contributed by atoms with Crippen LogP contribution < -0.4 is 10.6 Å². The molecule has 1 aromatic heterocycles. The lowest BCUT2D eigenvalue weighted by Gasteiger charge is -2.16. The molecule has 27 heavy (non-hydrogen) atoms. The number of aromatic nitrogens is 2. The number of guanidine groups is 1. The van der Waals surface area contributed by atoms with Gasteiger partial charge in [-0.2, -0.15) is 5.10 Å². The fraction of sp³-hybridized carbons (Fsp3) is 0.500. The van der Waals surface area contributed by atoms with E-state index < -0.39 is 0 Å². The van der Waals surface area contributed by atoms with Gasteiger partial charge in [0.1, 0.15) is 0 Å². The number of aliphatic imine (C=N–C) groups is 1. The summed E-state index contributed by atoms with van der Waals surface area (Å²) in [4.78, 5) is 6.51. The van der Waals surface area contributed by atoms with Crippen molar-refractivity contribution in [3.63, 3.8) is 0 Å². The Morgan fingerprint density at radius 2 is 1.85 bits per heavy atom. The molecule has 0 aliphatic heterocycles. The first-order chi connectivity index (χ1) is 12.5. The van der Waals surface area contributed by atoms with Gasteiger partial charge in [0.2, 0.25) is 0 Å². The summed E-state index contributed by atoms with van der Waals surface area (Å²) in [5, 5.41) is 11.3. The molecule has 0 radical (unpaired) electrons. The van der Waals surface area contributed by atoms with Gasteiger partial charge in [-0.3, -0.25) is 9.67 Å². The summed E-state index contributed by atoms with van der Waals surface area (Å²) in [5.41, 5.74) is 4.92. The quantitative estimate of drug-likeness (QED) is 0.262. The predicted molar refractivity (Wildman–Crippen MR) is 124 cm³/mol. The molecule has 0 fully saturated rings. The van der Waals surface area contributed by atoms with Crippen LogP contribution in [0.5, 0.6) is 0 Å². The molecular formula is C20H33IN6. The molecule has 0 unspecified atom stereocenters. The van der Waals surface area contributed by atoms with E-state index in [9.17, 15) is 0 Å². The summed E-state index contributed by atoms with van der Waals surface area (Å²) in [7, 11) is 5.99. The number of nitrogens with one attached hydrogen (secondary N) is 2. The molecule has 0 saturated carbocycles. The average molecular weight is 484 g/mol. The van der Waals surface area contributed by atoms with Gasteiger partial charge >= 0.3 is 0 Å². The number of rotatable bonds is 8. The van der Waals surface area contributed by atoms with Crippen LogP contribution in [0.4, 0.5) is 0 Å². The van der Waals surface area contributed by atoms with E-state index in [1.165, 1.54) is 16.8 Å². The largest absolute Gasteiger partial charge is 0.356 e. The predicted octanol–water partition coefficient (Wildman–Crippen LogP) is 2.93. The van der Waals surface area contributed by atoms with Crippen molar-refractivity contribution in [1.29, 1.82) is 0 Å². The second-order valence-corrected chi connectivity index (χ2v) is 6.86. The van der Waals surface area contributed by atoms with Gasteiger partial charge < -0.3 is 15.5 Å². The Kier molecular flexibility index (Phi) is 10.4. The zero-order chi connectivity index (χ0) is 18.9. The van der Waals surface area contributed by atoms with Crippen LogP contribution in [0.2, 0.25) is 0 Å². The number of nitrogens with zero attached hydrogens (tertiary/aromatic N) is 4. The van der Waals surface area contributed by atoms with Crippen LogP contribution >= 0.6 is 24.0 Å². The molecule has 0 aliphatic rings. The Balaban J connectivity index is 0.00000364. The van der Waals surface area contributed by atoms with E-state index >= 15 is 0 Å². The summed E-state index contributed by atoms with van der Waals surface area (Å²) in [6.07, 6.45) is 1.000. The average Bonchev–Trinajstić information content (AvgIpc) is 2.92. The molecule has 150 valence electrons. The van der Waals surface area contributed by atoms with E-state index in [1.54, 1.807) is 0 Å². The molecule has 0 atom stereocenters. The Morgan fingerprint density at radius 1 is 1.15 bits per heavy atom. The number of benzene rings is 1. The van der Waals surface area contributed by atoms with E-state index in [0.717, 1.165) is 44.3 Å². The van der Waals surface area contributed by atoms with Gasteiger partial charge in [0.25, 0.3) is 0 Å². The molecule has 1 aromatic carbocycles. The minimum atomic E-state index is 0. The van der Waals surface area contributed by atoms with Crippen LogP contribution in [0.25, 0.3) is 0 Å². The van der Waals surface area contributed by atoms with Gasteiger partial charge in [0.05, 0.1) is 5.69 Å². The van der Waals surface area contributed by atoms with Crippen molar-refractivity contribution in [1.82, 2.24) is 25.3 Å². The van der Waals surface area contributed by atoms with Gasteiger partial charge in [-0.1, -0.05) is 24.3 Å². The molecule has 1 heterocycles. The minimum absolute atomic E-state index is 0. The molecule has 0 bridgehead atoms. The van der Waals surface area contributed by atoms with Gasteiger partial charge in [-0.25, -0.2) is 0 Å². The Morgan fingerprint density at radius 3 is 2.44 bits per heavy atom. The Labute approximate surface area is 180 Å². The topological polar surface area (TPSA) is 57.5 Å². The summed E-state index contributed by atoms with van der Waals surface area (Å²) in [6.45, 7) is 7.60. The number of aryl methyl sites for hydroxylation is 3. The standard InChI is InChI=1S/C20H32N6.HI/c1-16-13-17(2)26(24-16)12-8-11-22-20(21-3)23-14-18-9-6-7-10-19(18)15-25(4)5;/h6-7,9-10,13H,8,11-12,14-15H2,1-5H3,(H2,21,22,23);1H.